The monoisotopic (exact) mass is 268 g/mol. The summed E-state index contributed by atoms with van der Waals surface area (Å²) >= 11 is 0. The molecule has 9 nitrogen and oxygen atoms in total. The van der Waals surface area contributed by atoms with Gasteiger partial charge in [0.2, 0.25) is 0 Å². The highest BCUT2D eigenvalue weighted by molar-refractivity contribution is 5.68. The van der Waals surface area contributed by atoms with Crippen molar-refractivity contribution < 1.29 is 14.9 Å². The van der Waals surface area contributed by atoms with Gasteiger partial charge in [-0.15, -0.1) is 0 Å². The summed E-state index contributed by atoms with van der Waals surface area (Å²) < 4.78 is 6.56. The first-order valence-corrected chi connectivity index (χ1v) is 5.74. The van der Waals surface area contributed by atoms with E-state index >= 15 is 0 Å². The van der Waals surface area contributed by atoms with E-state index in [1.807, 2.05) is 0 Å². The fourth-order valence-corrected chi connectivity index (χ4v) is 2.25. The molecular formula is C10H12N4O5. The fraction of sp³-hybridized carbons (Fsp3) is 0.500. The van der Waals surface area contributed by atoms with Crippen LogP contribution in [0.5, 0.6) is 0 Å². The molecule has 0 amide bonds. The standard InChI is InChI=1S/C10H12N4O5/c15-2-5-4(16)1-6(19-5)14-8-7(13-10(14)18)9(17)12-3-11-8/h3-6,15-16H,1-2H2,(H,13,18)(H,11,12,17)/t4-,5+,6+/m0/s1. The van der Waals surface area contributed by atoms with Gasteiger partial charge in [0.05, 0.1) is 19.0 Å². The molecule has 1 aliphatic rings. The van der Waals surface area contributed by atoms with Crippen LogP contribution in [-0.2, 0) is 4.74 Å². The van der Waals surface area contributed by atoms with E-state index < -0.39 is 29.7 Å². The Morgan fingerprint density at radius 1 is 1.53 bits per heavy atom. The van der Waals surface area contributed by atoms with E-state index in [4.69, 9.17) is 9.84 Å². The second kappa shape index (κ2) is 4.30. The third-order valence-corrected chi connectivity index (χ3v) is 3.18. The first-order chi connectivity index (χ1) is 9.11. The number of aromatic amines is 2. The number of aliphatic hydroxyl groups excluding tert-OH is 2. The molecule has 0 saturated carbocycles. The summed E-state index contributed by atoms with van der Waals surface area (Å²) in [5, 5.41) is 18.7. The average molecular weight is 268 g/mol. The van der Waals surface area contributed by atoms with Crippen molar-refractivity contribution in [3.8, 4) is 0 Å². The van der Waals surface area contributed by atoms with Crippen molar-refractivity contribution in [2.24, 2.45) is 0 Å². The SMILES string of the molecule is O=c1[nH]cnc2c1[nH]c(=O)n2[C@H]1C[C@H](O)[C@@H](CO)O1. The van der Waals surface area contributed by atoms with Gasteiger partial charge in [0, 0.05) is 6.42 Å². The Kier molecular flexibility index (Phi) is 2.73. The number of aliphatic hydroxyl groups is 2. The summed E-state index contributed by atoms with van der Waals surface area (Å²) in [6.45, 7) is -0.344. The highest BCUT2D eigenvalue weighted by Gasteiger charge is 2.36. The van der Waals surface area contributed by atoms with Crippen molar-refractivity contribution >= 4 is 11.2 Å². The number of rotatable bonds is 2. The normalized spacial score (nSPS) is 27.2. The molecule has 0 spiro atoms. The van der Waals surface area contributed by atoms with E-state index in [0.29, 0.717) is 0 Å². The molecule has 102 valence electrons. The minimum absolute atomic E-state index is 0.0537. The van der Waals surface area contributed by atoms with Crippen LogP contribution in [0, 0.1) is 0 Å². The molecule has 2 aromatic heterocycles. The van der Waals surface area contributed by atoms with E-state index in [2.05, 4.69) is 15.0 Å². The maximum Gasteiger partial charge on any atom is 0.329 e. The van der Waals surface area contributed by atoms with Gasteiger partial charge in [-0.05, 0) is 0 Å². The number of nitrogens with one attached hydrogen (secondary N) is 2. The molecule has 0 unspecified atom stereocenters. The van der Waals surface area contributed by atoms with Gasteiger partial charge in [-0.25, -0.2) is 14.3 Å². The maximum atomic E-state index is 11.9. The number of fused-ring (bicyclic) bond motifs is 1. The molecule has 19 heavy (non-hydrogen) atoms. The lowest BCUT2D eigenvalue weighted by Gasteiger charge is -2.12. The van der Waals surface area contributed by atoms with Crippen LogP contribution in [0.15, 0.2) is 15.9 Å². The second-order valence-electron chi connectivity index (χ2n) is 4.35. The van der Waals surface area contributed by atoms with Gasteiger partial charge in [-0.1, -0.05) is 0 Å². The number of nitrogens with zero attached hydrogens (tertiary/aromatic N) is 2. The topological polar surface area (TPSA) is 133 Å². The number of hydrogen-bond donors (Lipinski definition) is 4. The summed E-state index contributed by atoms with van der Waals surface area (Å²) in [5.74, 6) is 0. The average Bonchev–Trinajstić information content (AvgIpc) is 2.90. The Morgan fingerprint density at radius 3 is 3.00 bits per heavy atom. The van der Waals surface area contributed by atoms with E-state index in [1.165, 1.54) is 10.9 Å². The van der Waals surface area contributed by atoms with Crippen LogP contribution in [-0.4, -0.2) is 48.5 Å². The van der Waals surface area contributed by atoms with Crippen molar-refractivity contribution in [3.63, 3.8) is 0 Å². The van der Waals surface area contributed by atoms with Crippen molar-refractivity contribution in [2.45, 2.75) is 24.9 Å². The molecule has 4 N–H and O–H groups in total. The third kappa shape index (κ3) is 1.79. The molecule has 0 aromatic carbocycles. The molecule has 0 aliphatic carbocycles. The van der Waals surface area contributed by atoms with Crippen molar-refractivity contribution in [3.05, 3.63) is 27.2 Å². The Hall–Kier alpha value is -1.97. The summed E-state index contributed by atoms with van der Waals surface area (Å²) in [7, 11) is 0. The van der Waals surface area contributed by atoms with Gasteiger partial charge in [0.1, 0.15) is 12.3 Å². The lowest BCUT2D eigenvalue weighted by molar-refractivity contribution is -0.0441. The van der Waals surface area contributed by atoms with Crippen LogP contribution in [0.4, 0.5) is 0 Å². The van der Waals surface area contributed by atoms with Crippen LogP contribution in [0.3, 0.4) is 0 Å². The lowest BCUT2D eigenvalue weighted by Crippen LogP contribution is -2.25. The predicted molar refractivity (Wildman–Crippen MR) is 62.6 cm³/mol. The van der Waals surface area contributed by atoms with Gasteiger partial charge >= 0.3 is 5.69 Å². The number of ether oxygens (including phenoxy) is 1. The Labute approximate surface area is 105 Å². The molecule has 1 aliphatic heterocycles. The molecule has 3 atom stereocenters. The van der Waals surface area contributed by atoms with Crippen molar-refractivity contribution in [2.75, 3.05) is 6.61 Å². The lowest BCUT2D eigenvalue weighted by atomic mass is 10.2. The van der Waals surface area contributed by atoms with Crippen LogP contribution in [0.25, 0.3) is 11.2 Å². The first-order valence-electron chi connectivity index (χ1n) is 5.74. The molecule has 1 fully saturated rings. The molecular weight excluding hydrogens is 256 g/mol. The number of imidazole rings is 1. The van der Waals surface area contributed by atoms with Gasteiger partial charge < -0.3 is 19.9 Å². The van der Waals surface area contributed by atoms with E-state index in [9.17, 15) is 14.7 Å². The summed E-state index contributed by atoms with van der Waals surface area (Å²) in [6, 6.07) is 0. The van der Waals surface area contributed by atoms with E-state index in [0.717, 1.165) is 0 Å². The highest BCUT2D eigenvalue weighted by Crippen LogP contribution is 2.28. The van der Waals surface area contributed by atoms with Crippen molar-refractivity contribution in [1.29, 1.82) is 0 Å². The number of H-pyrrole nitrogens is 2. The largest absolute Gasteiger partial charge is 0.394 e. The van der Waals surface area contributed by atoms with Crippen LogP contribution in [0.2, 0.25) is 0 Å². The minimum Gasteiger partial charge on any atom is -0.394 e. The molecule has 3 heterocycles. The minimum atomic E-state index is -0.867. The molecule has 3 rings (SSSR count). The van der Waals surface area contributed by atoms with Gasteiger partial charge in [0.25, 0.3) is 5.56 Å². The fourth-order valence-electron chi connectivity index (χ4n) is 2.25. The highest BCUT2D eigenvalue weighted by atomic mass is 16.5. The Bertz CT molecular complexity index is 717. The van der Waals surface area contributed by atoms with Gasteiger partial charge in [-0.2, -0.15) is 0 Å². The van der Waals surface area contributed by atoms with Crippen LogP contribution < -0.4 is 11.2 Å². The molecule has 9 heteroatoms. The van der Waals surface area contributed by atoms with Crippen LogP contribution >= 0.6 is 0 Å². The van der Waals surface area contributed by atoms with Gasteiger partial charge in [-0.3, -0.25) is 9.78 Å². The van der Waals surface area contributed by atoms with Crippen LogP contribution in [0.1, 0.15) is 12.6 Å². The quantitative estimate of drug-likeness (QED) is 0.500. The Morgan fingerprint density at radius 2 is 2.32 bits per heavy atom. The maximum absolute atomic E-state index is 11.9. The Balaban J connectivity index is 2.12. The third-order valence-electron chi connectivity index (χ3n) is 3.18. The molecule has 1 saturated heterocycles. The summed E-state index contributed by atoms with van der Waals surface area (Å²) in [6.07, 6.45) is -1.05. The zero-order valence-electron chi connectivity index (χ0n) is 9.74. The van der Waals surface area contributed by atoms with E-state index in [-0.39, 0.29) is 24.2 Å². The van der Waals surface area contributed by atoms with E-state index in [1.54, 1.807) is 0 Å². The molecule has 0 bridgehead atoms. The summed E-state index contributed by atoms with van der Waals surface area (Å²) in [4.78, 5) is 32.1. The first kappa shape index (κ1) is 12.1. The molecule has 0 radical (unpaired) electrons. The van der Waals surface area contributed by atoms with Crippen molar-refractivity contribution in [1.82, 2.24) is 19.5 Å². The summed E-state index contributed by atoms with van der Waals surface area (Å²) in [5.41, 5.74) is -0.796. The zero-order valence-corrected chi connectivity index (χ0v) is 9.74. The predicted octanol–water partition coefficient (Wildman–Crippen LogP) is -1.95. The zero-order chi connectivity index (χ0) is 13.6. The second-order valence-corrected chi connectivity index (χ2v) is 4.35. The molecule has 2 aromatic rings. The smallest absolute Gasteiger partial charge is 0.329 e. The number of hydrogen-bond acceptors (Lipinski definition) is 6. The van der Waals surface area contributed by atoms with Gasteiger partial charge in [0.15, 0.2) is 11.2 Å². The number of aromatic nitrogens is 4.